The van der Waals surface area contributed by atoms with Gasteiger partial charge in [-0.2, -0.15) is 4.31 Å². The summed E-state index contributed by atoms with van der Waals surface area (Å²) in [6.45, 7) is 0.792. The Kier molecular flexibility index (Phi) is 9.41. The van der Waals surface area contributed by atoms with Crippen molar-refractivity contribution in [1.29, 1.82) is 0 Å². The molecule has 0 saturated heterocycles. The second-order valence-electron chi connectivity index (χ2n) is 8.77. The highest BCUT2D eigenvalue weighted by atomic mass is 35.5. The summed E-state index contributed by atoms with van der Waals surface area (Å²) in [7, 11) is -6.74. The van der Waals surface area contributed by atoms with E-state index >= 15 is 0 Å². The van der Waals surface area contributed by atoms with Crippen LogP contribution in [-0.4, -0.2) is 52.8 Å². The lowest BCUT2D eigenvalue weighted by Crippen LogP contribution is -2.47. The van der Waals surface area contributed by atoms with Gasteiger partial charge in [0.05, 0.1) is 11.2 Å². The zero-order chi connectivity index (χ0) is 23.6. The summed E-state index contributed by atoms with van der Waals surface area (Å²) in [6.07, 6.45) is 5.83. The highest BCUT2D eigenvalue weighted by molar-refractivity contribution is 7.90. The van der Waals surface area contributed by atoms with Crippen molar-refractivity contribution in [1.82, 2.24) is 4.31 Å². The average molecular weight is 536 g/mol. The van der Waals surface area contributed by atoms with Gasteiger partial charge in [-0.15, -0.1) is 12.4 Å². The van der Waals surface area contributed by atoms with Crippen molar-refractivity contribution >= 4 is 43.9 Å². The lowest BCUT2D eigenvalue weighted by molar-refractivity contribution is 0.193. The minimum absolute atomic E-state index is 0. The Balaban J connectivity index is 0.00000385. The number of nitrogens with two attached hydrogens (primary N) is 1. The third-order valence-corrected chi connectivity index (χ3v) is 9.20. The summed E-state index contributed by atoms with van der Waals surface area (Å²) in [6, 6.07) is 14.3. The van der Waals surface area contributed by atoms with Crippen LogP contribution in [0, 0.1) is 0 Å². The van der Waals surface area contributed by atoms with Crippen LogP contribution in [-0.2, 0) is 31.7 Å². The fourth-order valence-electron chi connectivity index (χ4n) is 4.66. The molecule has 0 heterocycles. The normalized spacial score (nSPS) is 21.5. The maximum Gasteiger partial charge on any atom is 0.211 e. The largest absolute Gasteiger partial charge is 0.330 e. The topological polar surface area (TPSA) is 97.5 Å². The summed E-state index contributed by atoms with van der Waals surface area (Å²) in [4.78, 5) is 0.243. The molecule has 3 rings (SSSR count). The van der Waals surface area contributed by atoms with Crippen LogP contribution in [0.5, 0.6) is 0 Å². The number of sulfone groups is 1. The Morgan fingerprint density at radius 1 is 1.03 bits per heavy atom. The van der Waals surface area contributed by atoms with Gasteiger partial charge in [-0.25, -0.2) is 16.8 Å². The van der Waals surface area contributed by atoms with Crippen LogP contribution >= 0.6 is 24.0 Å². The first-order valence-electron chi connectivity index (χ1n) is 10.7. The van der Waals surface area contributed by atoms with E-state index in [1.165, 1.54) is 12.5 Å². The molecule has 0 amide bonds. The Bertz CT molecular complexity index is 1160. The molecule has 10 heteroatoms. The second-order valence-corrected chi connectivity index (χ2v) is 13.2. The van der Waals surface area contributed by atoms with Gasteiger partial charge in [-0.1, -0.05) is 35.9 Å². The molecule has 0 unspecified atom stereocenters. The van der Waals surface area contributed by atoms with Crippen LogP contribution < -0.4 is 5.73 Å². The molecule has 184 valence electrons. The lowest BCUT2D eigenvalue weighted by atomic mass is 9.68. The van der Waals surface area contributed by atoms with Gasteiger partial charge in [0.1, 0.15) is 0 Å². The van der Waals surface area contributed by atoms with Gasteiger partial charge >= 0.3 is 0 Å². The van der Waals surface area contributed by atoms with Crippen LogP contribution in [0.15, 0.2) is 53.4 Å². The van der Waals surface area contributed by atoms with E-state index in [1.807, 2.05) is 30.3 Å². The van der Waals surface area contributed by atoms with E-state index in [2.05, 4.69) is 0 Å². The smallest absolute Gasteiger partial charge is 0.211 e. The van der Waals surface area contributed by atoms with Crippen LogP contribution in [0.3, 0.4) is 0 Å². The van der Waals surface area contributed by atoms with Crippen molar-refractivity contribution in [3.05, 3.63) is 64.7 Å². The van der Waals surface area contributed by atoms with Gasteiger partial charge in [0.15, 0.2) is 9.84 Å². The molecule has 2 N–H and O–H groups in total. The number of sulfonamides is 1. The lowest BCUT2D eigenvalue weighted by Gasteiger charge is -2.43. The van der Waals surface area contributed by atoms with Gasteiger partial charge in [0.2, 0.25) is 10.0 Å². The van der Waals surface area contributed by atoms with E-state index in [1.54, 1.807) is 22.5 Å². The first-order chi connectivity index (χ1) is 14.9. The maximum absolute atomic E-state index is 12.6. The van der Waals surface area contributed by atoms with E-state index in [9.17, 15) is 16.8 Å². The van der Waals surface area contributed by atoms with E-state index in [4.69, 9.17) is 17.3 Å². The molecule has 2 aromatic rings. The number of nitrogens with zero attached hydrogens (tertiary/aromatic N) is 1. The molecule has 0 spiro atoms. The summed E-state index contributed by atoms with van der Waals surface area (Å²) in [5.74, 6) is 0. The van der Waals surface area contributed by atoms with Crippen molar-refractivity contribution in [2.75, 3.05) is 25.6 Å². The van der Waals surface area contributed by atoms with Crippen LogP contribution in [0.1, 0.15) is 36.8 Å². The summed E-state index contributed by atoms with van der Waals surface area (Å²) in [5.41, 5.74) is 7.89. The predicted octanol–water partition coefficient (Wildman–Crippen LogP) is 3.81. The van der Waals surface area contributed by atoms with Crippen LogP contribution in [0.4, 0.5) is 0 Å². The van der Waals surface area contributed by atoms with Crippen molar-refractivity contribution in [2.45, 2.75) is 48.5 Å². The fourth-order valence-corrected chi connectivity index (χ4v) is 6.72. The Morgan fingerprint density at radius 3 is 2.21 bits per heavy atom. The van der Waals surface area contributed by atoms with Crippen molar-refractivity contribution in [3.63, 3.8) is 0 Å². The second kappa shape index (κ2) is 11.1. The molecule has 1 aliphatic rings. The van der Waals surface area contributed by atoms with E-state index < -0.39 is 19.9 Å². The van der Waals surface area contributed by atoms with E-state index in [0.29, 0.717) is 37.4 Å². The third kappa shape index (κ3) is 6.93. The molecule has 2 aromatic carbocycles. The standard InChI is InChI=1S/C23H31ClN2O4S2.ClH/c1-31(27,28)22-8-3-5-18(15-22)11-14-26(32(2,29)30)21-9-12-23(17-25,13-10-21)19-6-4-7-20(24)16-19;/h3-8,15-16,21H,9-14,17,25H2,1-2H3;1H. The third-order valence-electron chi connectivity index (χ3n) is 6.52. The summed E-state index contributed by atoms with van der Waals surface area (Å²) >= 11 is 6.19. The van der Waals surface area contributed by atoms with Crippen LogP contribution in [0.2, 0.25) is 5.02 Å². The number of rotatable bonds is 8. The fraction of sp³-hybridized carbons (Fsp3) is 0.478. The van der Waals surface area contributed by atoms with Gasteiger partial charge in [-0.05, 0) is 67.5 Å². The van der Waals surface area contributed by atoms with Gasteiger partial charge in [0, 0.05) is 35.8 Å². The first-order valence-corrected chi connectivity index (χ1v) is 14.8. The molecule has 1 fully saturated rings. The van der Waals surface area contributed by atoms with Gasteiger partial charge in [0.25, 0.3) is 0 Å². The Morgan fingerprint density at radius 2 is 1.67 bits per heavy atom. The Labute approximate surface area is 208 Å². The molecule has 33 heavy (non-hydrogen) atoms. The van der Waals surface area contributed by atoms with Gasteiger partial charge in [-0.3, -0.25) is 0 Å². The number of hydrogen-bond acceptors (Lipinski definition) is 5. The van der Waals surface area contributed by atoms with Crippen molar-refractivity contribution in [2.24, 2.45) is 5.73 Å². The molecule has 0 atom stereocenters. The number of benzene rings is 2. The number of halogens is 2. The molecule has 1 saturated carbocycles. The maximum atomic E-state index is 12.6. The van der Waals surface area contributed by atoms with Crippen molar-refractivity contribution in [3.8, 4) is 0 Å². The minimum Gasteiger partial charge on any atom is -0.330 e. The molecule has 6 nitrogen and oxygen atoms in total. The average Bonchev–Trinajstić information content (AvgIpc) is 2.73. The summed E-state index contributed by atoms with van der Waals surface area (Å²) in [5, 5.41) is 0.673. The predicted molar refractivity (Wildman–Crippen MR) is 136 cm³/mol. The van der Waals surface area contributed by atoms with Gasteiger partial charge < -0.3 is 5.73 Å². The van der Waals surface area contributed by atoms with Crippen LogP contribution in [0.25, 0.3) is 0 Å². The zero-order valence-corrected chi connectivity index (χ0v) is 22.1. The van der Waals surface area contributed by atoms with E-state index in [0.717, 1.165) is 24.0 Å². The quantitative estimate of drug-likeness (QED) is 0.555. The first kappa shape index (κ1) is 28.1. The van der Waals surface area contributed by atoms with E-state index in [-0.39, 0.29) is 28.8 Å². The zero-order valence-electron chi connectivity index (χ0n) is 18.9. The Hall–Kier alpha value is -1.16. The highest BCUT2D eigenvalue weighted by Crippen LogP contribution is 2.41. The van der Waals surface area contributed by atoms with Crippen molar-refractivity contribution < 1.29 is 16.8 Å². The molecule has 0 aliphatic heterocycles. The molecular formula is C23H32Cl2N2O4S2. The number of hydrogen-bond donors (Lipinski definition) is 1. The monoisotopic (exact) mass is 534 g/mol. The molecule has 0 bridgehead atoms. The highest BCUT2D eigenvalue weighted by Gasteiger charge is 2.39. The minimum atomic E-state index is -3.43. The molecule has 0 radical (unpaired) electrons. The SMILES string of the molecule is CS(=O)(=O)c1cccc(CCN(C2CCC(CN)(c3cccc(Cl)c3)CC2)S(C)(=O)=O)c1.Cl. The summed E-state index contributed by atoms with van der Waals surface area (Å²) < 4.78 is 50.5. The molecule has 0 aromatic heterocycles. The molecular weight excluding hydrogens is 503 g/mol. The molecule has 1 aliphatic carbocycles.